The SMILES string of the molecule is CCCCOc1cccc(C(O)=C2C(=O)C(=O)N(c3nc4c(C)cc(C)cc4s3)C2c2cccc(Br)c2)c1. The number of aliphatic hydroxyl groups is 1. The number of halogens is 1. The van der Waals surface area contributed by atoms with Crippen molar-refractivity contribution in [1.82, 2.24) is 4.98 Å². The van der Waals surface area contributed by atoms with Gasteiger partial charge in [0.15, 0.2) is 5.13 Å². The summed E-state index contributed by atoms with van der Waals surface area (Å²) in [6, 6.07) is 17.6. The molecule has 0 aliphatic carbocycles. The number of aromatic nitrogens is 1. The molecule has 5 rings (SSSR count). The first-order valence-electron chi connectivity index (χ1n) is 12.5. The second-order valence-electron chi connectivity index (χ2n) is 9.38. The van der Waals surface area contributed by atoms with Crippen molar-refractivity contribution in [1.29, 1.82) is 0 Å². The highest BCUT2D eigenvalue weighted by atomic mass is 79.9. The number of amides is 1. The average Bonchev–Trinajstić information content (AvgIpc) is 3.42. The van der Waals surface area contributed by atoms with Crippen molar-refractivity contribution in [3.8, 4) is 5.75 Å². The quantitative estimate of drug-likeness (QED) is 0.104. The van der Waals surface area contributed by atoms with E-state index in [4.69, 9.17) is 9.72 Å². The minimum absolute atomic E-state index is 0.0194. The Balaban J connectivity index is 1.67. The van der Waals surface area contributed by atoms with Crippen LogP contribution in [0.1, 0.15) is 48.1 Å². The van der Waals surface area contributed by atoms with Crippen molar-refractivity contribution >= 4 is 60.1 Å². The Bertz CT molecular complexity index is 1590. The maximum Gasteiger partial charge on any atom is 0.301 e. The lowest BCUT2D eigenvalue weighted by atomic mass is 9.95. The fourth-order valence-electron chi connectivity index (χ4n) is 4.71. The fraction of sp³-hybridized carbons (Fsp3) is 0.233. The fourth-order valence-corrected chi connectivity index (χ4v) is 6.29. The predicted octanol–water partition coefficient (Wildman–Crippen LogP) is 7.48. The van der Waals surface area contributed by atoms with Crippen LogP contribution in [-0.2, 0) is 9.59 Å². The molecule has 1 amide bonds. The lowest BCUT2D eigenvalue weighted by Gasteiger charge is -2.23. The van der Waals surface area contributed by atoms with Crippen molar-refractivity contribution < 1.29 is 19.4 Å². The molecule has 6 nitrogen and oxygen atoms in total. The third-order valence-corrected chi connectivity index (χ3v) is 8.00. The molecular formula is C30H27BrN2O4S. The summed E-state index contributed by atoms with van der Waals surface area (Å²) in [5.74, 6) is -1.13. The Morgan fingerprint density at radius 2 is 1.89 bits per heavy atom. The summed E-state index contributed by atoms with van der Waals surface area (Å²) in [5.41, 5.74) is 4.00. The first-order valence-corrected chi connectivity index (χ1v) is 14.1. The highest BCUT2D eigenvalue weighted by Crippen LogP contribution is 2.45. The smallest absolute Gasteiger partial charge is 0.301 e. The molecule has 8 heteroatoms. The Hall–Kier alpha value is -3.49. The molecule has 1 aliphatic rings. The van der Waals surface area contributed by atoms with Crippen LogP contribution in [-0.4, -0.2) is 28.4 Å². The van der Waals surface area contributed by atoms with Crippen LogP contribution in [0.5, 0.6) is 5.75 Å². The molecule has 0 bridgehead atoms. The van der Waals surface area contributed by atoms with Gasteiger partial charge in [0.2, 0.25) is 0 Å². The minimum Gasteiger partial charge on any atom is -0.507 e. The number of unbranched alkanes of at least 4 members (excludes halogenated alkanes) is 1. The van der Waals surface area contributed by atoms with E-state index in [-0.39, 0.29) is 11.3 Å². The normalized spacial score (nSPS) is 16.9. The van der Waals surface area contributed by atoms with Crippen molar-refractivity contribution in [2.24, 2.45) is 0 Å². The van der Waals surface area contributed by atoms with E-state index >= 15 is 0 Å². The van der Waals surface area contributed by atoms with Crippen molar-refractivity contribution in [3.63, 3.8) is 0 Å². The van der Waals surface area contributed by atoms with Gasteiger partial charge in [-0.2, -0.15) is 0 Å². The van der Waals surface area contributed by atoms with Gasteiger partial charge in [0.05, 0.1) is 28.4 Å². The van der Waals surface area contributed by atoms with Crippen LogP contribution < -0.4 is 9.64 Å². The molecule has 0 radical (unpaired) electrons. The molecule has 1 saturated heterocycles. The summed E-state index contributed by atoms with van der Waals surface area (Å²) in [4.78, 5) is 33.3. The summed E-state index contributed by atoms with van der Waals surface area (Å²) in [7, 11) is 0. The van der Waals surface area contributed by atoms with Gasteiger partial charge in [-0.25, -0.2) is 4.98 Å². The van der Waals surface area contributed by atoms with Gasteiger partial charge < -0.3 is 9.84 Å². The molecule has 1 unspecified atom stereocenters. The number of nitrogens with zero attached hydrogens (tertiary/aromatic N) is 2. The second-order valence-corrected chi connectivity index (χ2v) is 11.3. The monoisotopic (exact) mass is 590 g/mol. The molecule has 1 aromatic heterocycles. The first kappa shape index (κ1) is 26.1. The number of rotatable bonds is 7. The van der Waals surface area contributed by atoms with Crippen LogP contribution in [0.25, 0.3) is 16.0 Å². The molecular weight excluding hydrogens is 564 g/mol. The van der Waals surface area contributed by atoms with Gasteiger partial charge in [0.25, 0.3) is 5.78 Å². The van der Waals surface area contributed by atoms with E-state index in [9.17, 15) is 14.7 Å². The summed E-state index contributed by atoms with van der Waals surface area (Å²) < 4.78 is 7.54. The summed E-state index contributed by atoms with van der Waals surface area (Å²) in [6.45, 7) is 6.63. The Morgan fingerprint density at radius 1 is 1.11 bits per heavy atom. The van der Waals surface area contributed by atoms with E-state index in [2.05, 4.69) is 22.9 Å². The summed E-state index contributed by atoms with van der Waals surface area (Å²) >= 11 is 4.87. The van der Waals surface area contributed by atoms with Crippen LogP contribution >= 0.6 is 27.3 Å². The number of ether oxygens (including phenoxy) is 1. The highest BCUT2D eigenvalue weighted by Gasteiger charge is 2.48. The number of hydrogen-bond acceptors (Lipinski definition) is 6. The number of aryl methyl sites for hydroxylation is 2. The van der Waals surface area contributed by atoms with Gasteiger partial charge >= 0.3 is 5.91 Å². The molecule has 4 aromatic rings. The predicted molar refractivity (Wildman–Crippen MR) is 155 cm³/mol. The number of hydrogen-bond donors (Lipinski definition) is 1. The number of benzene rings is 3. The van der Waals surface area contributed by atoms with Gasteiger partial charge in [0.1, 0.15) is 11.5 Å². The van der Waals surface area contributed by atoms with Crippen molar-refractivity contribution in [3.05, 3.63) is 93.0 Å². The largest absolute Gasteiger partial charge is 0.507 e. The summed E-state index contributed by atoms with van der Waals surface area (Å²) in [6.07, 6.45) is 1.91. The first-order chi connectivity index (χ1) is 18.3. The molecule has 1 N–H and O–H groups in total. The lowest BCUT2D eigenvalue weighted by molar-refractivity contribution is -0.132. The topological polar surface area (TPSA) is 79.7 Å². The number of carbonyl (C=O) groups is 2. The van der Waals surface area contributed by atoms with Crippen molar-refractivity contribution in [2.45, 2.75) is 39.7 Å². The van der Waals surface area contributed by atoms with E-state index in [0.717, 1.165) is 38.7 Å². The molecule has 0 spiro atoms. The third kappa shape index (κ3) is 4.86. The Labute approximate surface area is 233 Å². The number of Topliss-reactive ketones (excluding diaryl/α,β-unsaturated/α-hetero) is 1. The number of thiazole rings is 1. The molecule has 194 valence electrons. The molecule has 1 atom stereocenters. The molecule has 38 heavy (non-hydrogen) atoms. The molecule has 1 fully saturated rings. The number of fused-ring (bicyclic) bond motifs is 1. The van der Waals surface area contributed by atoms with E-state index in [1.165, 1.54) is 16.2 Å². The molecule has 1 aliphatic heterocycles. The van der Waals surface area contributed by atoms with Gasteiger partial charge in [-0.15, -0.1) is 0 Å². The lowest BCUT2D eigenvalue weighted by Crippen LogP contribution is -2.29. The van der Waals surface area contributed by atoms with E-state index in [1.54, 1.807) is 18.2 Å². The van der Waals surface area contributed by atoms with Crippen LogP contribution in [0.3, 0.4) is 0 Å². The number of ketones is 1. The van der Waals surface area contributed by atoms with E-state index in [1.807, 2.05) is 56.3 Å². The molecule has 3 aromatic carbocycles. The maximum absolute atomic E-state index is 13.6. The van der Waals surface area contributed by atoms with Crippen molar-refractivity contribution in [2.75, 3.05) is 11.5 Å². The molecule has 2 heterocycles. The average molecular weight is 592 g/mol. The van der Waals surface area contributed by atoms with Crippen LogP contribution in [0.2, 0.25) is 0 Å². The number of anilines is 1. The van der Waals surface area contributed by atoms with Crippen LogP contribution in [0, 0.1) is 13.8 Å². The Kier molecular flexibility index (Phi) is 7.36. The zero-order valence-corrected chi connectivity index (χ0v) is 23.7. The standard InChI is InChI=1S/C30H27BrN2O4S/c1-4-5-12-37-22-11-7-9-20(16-22)27(34)24-26(19-8-6-10-21(31)15-19)33(29(36)28(24)35)30-32-25-18(3)13-17(2)14-23(25)38-30/h6-11,13-16,26,34H,4-5,12H2,1-3H3. The van der Waals surface area contributed by atoms with Crippen LogP contribution in [0.4, 0.5) is 5.13 Å². The third-order valence-electron chi connectivity index (χ3n) is 6.51. The van der Waals surface area contributed by atoms with E-state index in [0.29, 0.717) is 28.6 Å². The zero-order valence-electron chi connectivity index (χ0n) is 21.3. The van der Waals surface area contributed by atoms with Gasteiger partial charge in [-0.1, -0.05) is 70.9 Å². The van der Waals surface area contributed by atoms with Gasteiger partial charge in [-0.05, 0) is 67.3 Å². The zero-order chi connectivity index (χ0) is 27.0. The van der Waals surface area contributed by atoms with Gasteiger partial charge in [-0.3, -0.25) is 14.5 Å². The highest BCUT2D eigenvalue weighted by molar-refractivity contribution is 9.10. The van der Waals surface area contributed by atoms with E-state index < -0.39 is 17.7 Å². The molecule has 0 saturated carbocycles. The maximum atomic E-state index is 13.6. The van der Waals surface area contributed by atoms with Gasteiger partial charge in [0, 0.05) is 10.0 Å². The number of carbonyl (C=O) groups excluding carboxylic acids is 2. The summed E-state index contributed by atoms with van der Waals surface area (Å²) in [5, 5.41) is 11.9. The second kappa shape index (κ2) is 10.7. The Morgan fingerprint density at radius 3 is 2.66 bits per heavy atom. The van der Waals surface area contributed by atoms with Crippen LogP contribution in [0.15, 0.2) is 70.7 Å². The number of aliphatic hydroxyl groups excluding tert-OH is 1. The minimum atomic E-state index is -0.848.